The highest BCUT2D eigenvalue weighted by Crippen LogP contribution is 2.25. The van der Waals surface area contributed by atoms with Crippen molar-refractivity contribution < 1.29 is 18.7 Å². The van der Waals surface area contributed by atoms with Crippen molar-refractivity contribution in [3.8, 4) is 5.75 Å². The molecule has 0 aliphatic heterocycles. The van der Waals surface area contributed by atoms with Gasteiger partial charge in [-0.2, -0.15) is 0 Å². The maximum Gasteiger partial charge on any atom is 0.321 e. The molecule has 5 nitrogen and oxygen atoms in total. The monoisotopic (exact) mass is 346 g/mol. The number of imide groups is 1. The van der Waals surface area contributed by atoms with Crippen LogP contribution in [0.25, 0.3) is 0 Å². The summed E-state index contributed by atoms with van der Waals surface area (Å²) in [6.07, 6.45) is 0.765. The first-order valence-corrected chi connectivity index (χ1v) is 6.89. The lowest BCUT2D eigenvalue weighted by Crippen LogP contribution is -2.44. The average Bonchev–Trinajstić information content (AvgIpc) is 2.37. The van der Waals surface area contributed by atoms with Gasteiger partial charge in [0.2, 0.25) is 0 Å². The minimum absolute atomic E-state index is 0.0186. The Hall–Kier alpha value is -1.63. The Balaban J connectivity index is 2.41. The molecule has 0 bridgehead atoms. The summed E-state index contributed by atoms with van der Waals surface area (Å²) in [5.74, 6) is -0.674. The van der Waals surface area contributed by atoms with Crippen LogP contribution < -0.4 is 15.4 Å². The van der Waals surface area contributed by atoms with Gasteiger partial charge in [-0.25, -0.2) is 9.18 Å². The largest absolute Gasteiger partial charge is 0.483 e. The van der Waals surface area contributed by atoms with E-state index >= 15 is 0 Å². The maximum atomic E-state index is 12.9. The van der Waals surface area contributed by atoms with Crippen LogP contribution in [0.1, 0.15) is 20.3 Å². The lowest BCUT2D eigenvalue weighted by Gasteiger charge is -2.12. The normalized spacial score (nSPS) is 11.6. The highest BCUT2D eigenvalue weighted by Gasteiger charge is 2.11. The van der Waals surface area contributed by atoms with Crippen LogP contribution in [0.5, 0.6) is 5.75 Å². The molecule has 0 radical (unpaired) electrons. The second kappa shape index (κ2) is 7.84. The second-order valence-electron chi connectivity index (χ2n) is 4.19. The van der Waals surface area contributed by atoms with Crippen LogP contribution in [0.3, 0.4) is 0 Å². The molecule has 1 atom stereocenters. The third-order valence-corrected chi connectivity index (χ3v) is 3.12. The highest BCUT2D eigenvalue weighted by molar-refractivity contribution is 9.10. The number of rotatable bonds is 5. The third-order valence-electron chi connectivity index (χ3n) is 2.50. The van der Waals surface area contributed by atoms with Crippen LogP contribution >= 0.6 is 15.9 Å². The summed E-state index contributed by atoms with van der Waals surface area (Å²) in [4.78, 5) is 22.9. The third kappa shape index (κ3) is 5.56. The van der Waals surface area contributed by atoms with Gasteiger partial charge < -0.3 is 10.1 Å². The number of carbonyl (C=O) groups excluding carboxylic acids is 2. The predicted octanol–water partition coefficient (Wildman–Crippen LogP) is 2.59. The summed E-state index contributed by atoms with van der Waals surface area (Å²) in [6.45, 7) is 3.41. The SMILES string of the molecule is CC[C@H](C)NC(=O)NC(=O)COc1ccc(F)cc1Br. The molecule has 7 heteroatoms. The fraction of sp³-hybridized carbons (Fsp3) is 0.385. The van der Waals surface area contributed by atoms with Crippen molar-refractivity contribution in [1.29, 1.82) is 0 Å². The van der Waals surface area contributed by atoms with Gasteiger partial charge in [0.1, 0.15) is 11.6 Å². The van der Waals surface area contributed by atoms with E-state index < -0.39 is 17.8 Å². The minimum Gasteiger partial charge on any atom is -0.483 e. The van der Waals surface area contributed by atoms with Crippen LogP contribution in [-0.4, -0.2) is 24.6 Å². The molecule has 0 saturated heterocycles. The number of urea groups is 1. The molecule has 3 amide bonds. The Morgan fingerprint density at radius 3 is 2.75 bits per heavy atom. The van der Waals surface area contributed by atoms with E-state index in [-0.39, 0.29) is 12.6 Å². The van der Waals surface area contributed by atoms with Gasteiger partial charge in [-0.1, -0.05) is 6.92 Å². The van der Waals surface area contributed by atoms with E-state index in [4.69, 9.17) is 4.74 Å². The zero-order valence-electron chi connectivity index (χ0n) is 11.2. The van der Waals surface area contributed by atoms with Gasteiger partial charge in [0.05, 0.1) is 4.47 Å². The lowest BCUT2D eigenvalue weighted by molar-refractivity contribution is -0.122. The van der Waals surface area contributed by atoms with Crippen LogP contribution in [0.2, 0.25) is 0 Å². The first-order valence-electron chi connectivity index (χ1n) is 6.10. The molecular formula is C13H16BrFN2O3. The van der Waals surface area contributed by atoms with Gasteiger partial charge in [0.15, 0.2) is 6.61 Å². The van der Waals surface area contributed by atoms with Crippen LogP contribution in [0.15, 0.2) is 22.7 Å². The Morgan fingerprint density at radius 2 is 2.15 bits per heavy atom. The molecule has 0 aliphatic rings. The predicted molar refractivity (Wildman–Crippen MR) is 76.0 cm³/mol. The number of hydrogen-bond acceptors (Lipinski definition) is 3. The number of hydrogen-bond donors (Lipinski definition) is 2. The van der Waals surface area contributed by atoms with Crippen molar-refractivity contribution in [2.75, 3.05) is 6.61 Å². The zero-order valence-corrected chi connectivity index (χ0v) is 12.8. The summed E-state index contributed by atoms with van der Waals surface area (Å²) in [6, 6.07) is 3.25. The van der Waals surface area contributed by atoms with Gasteiger partial charge >= 0.3 is 6.03 Å². The van der Waals surface area contributed by atoms with Crippen LogP contribution in [-0.2, 0) is 4.79 Å². The molecule has 1 aromatic rings. The summed E-state index contributed by atoms with van der Waals surface area (Å²) in [5.41, 5.74) is 0. The van der Waals surface area contributed by atoms with E-state index in [0.29, 0.717) is 10.2 Å². The van der Waals surface area contributed by atoms with Crippen molar-refractivity contribution in [2.24, 2.45) is 0 Å². The lowest BCUT2D eigenvalue weighted by atomic mass is 10.3. The maximum absolute atomic E-state index is 12.9. The van der Waals surface area contributed by atoms with Gasteiger partial charge in [-0.15, -0.1) is 0 Å². The summed E-state index contributed by atoms with van der Waals surface area (Å²) >= 11 is 3.11. The van der Waals surface area contributed by atoms with Crippen molar-refractivity contribution in [2.45, 2.75) is 26.3 Å². The molecular weight excluding hydrogens is 331 g/mol. The Bertz CT molecular complexity index is 497. The minimum atomic E-state index is -0.581. The van der Waals surface area contributed by atoms with E-state index in [0.717, 1.165) is 6.42 Å². The second-order valence-corrected chi connectivity index (χ2v) is 5.05. The van der Waals surface area contributed by atoms with Crippen LogP contribution in [0.4, 0.5) is 9.18 Å². The molecule has 0 unspecified atom stereocenters. The number of halogens is 2. The van der Waals surface area contributed by atoms with E-state index in [2.05, 4.69) is 26.6 Å². The summed E-state index contributed by atoms with van der Waals surface area (Å²) < 4.78 is 18.4. The van der Waals surface area contributed by atoms with Crippen molar-refractivity contribution >= 4 is 27.9 Å². The van der Waals surface area contributed by atoms with Gasteiger partial charge in [-0.05, 0) is 47.5 Å². The molecule has 0 aromatic heterocycles. The Morgan fingerprint density at radius 1 is 1.45 bits per heavy atom. The first-order chi connectivity index (χ1) is 9.42. The number of benzene rings is 1. The van der Waals surface area contributed by atoms with E-state index in [1.165, 1.54) is 18.2 Å². The number of nitrogens with one attached hydrogen (secondary N) is 2. The number of amides is 3. The molecule has 2 N–H and O–H groups in total. The zero-order chi connectivity index (χ0) is 15.1. The highest BCUT2D eigenvalue weighted by atomic mass is 79.9. The summed E-state index contributed by atoms with van der Waals surface area (Å²) in [5, 5.41) is 4.74. The average molecular weight is 347 g/mol. The standard InChI is InChI=1S/C13H16BrFN2O3/c1-3-8(2)16-13(19)17-12(18)7-20-11-5-4-9(15)6-10(11)14/h4-6,8H,3,7H2,1-2H3,(H2,16,17,18,19)/t8-/m0/s1. The van der Waals surface area contributed by atoms with Gasteiger partial charge in [-0.3, -0.25) is 10.1 Å². The van der Waals surface area contributed by atoms with Gasteiger partial charge in [0.25, 0.3) is 5.91 Å². The van der Waals surface area contributed by atoms with E-state index in [1.807, 2.05) is 13.8 Å². The quantitative estimate of drug-likeness (QED) is 0.860. The molecule has 20 heavy (non-hydrogen) atoms. The molecule has 0 spiro atoms. The van der Waals surface area contributed by atoms with E-state index in [9.17, 15) is 14.0 Å². The molecule has 0 saturated carbocycles. The number of ether oxygens (including phenoxy) is 1. The van der Waals surface area contributed by atoms with Crippen molar-refractivity contribution in [1.82, 2.24) is 10.6 Å². The smallest absolute Gasteiger partial charge is 0.321 e. The molecule has 1 rings (SSSR count). The molecule has 0 fully saturated rings. The summed E-state index contributed by atoms with van der Waals surface area (Å²) in [7, 11) is 0. The fourth-order valence-corrected chi connectivity index (χ4v) is 1.73. The van der Waals surface area contributed by atoms with Crippen molar-refractivity contribution in [3.05, 3.63) is 28.5 Å². The Kier molecular flexibility index (Phi) is 6.44. The van der Waals surface area contributed by atoms with Crippen LogP contribution in [0, 0.1) is 5.82 Å². The first kappa shape index (κ1) is 16.4. The number of carbonyl (C=O) groups is 2. The topological polar surface area (TPSA) is 67.4 Å². The molecule has 0 aliphatic carbocycles. The molecule has 110 valence electrons. The van der Waals surface area contributed by atoms with E-state index in [1.54, 1.807) is 0 Å². The molecule has 1 aromatic carbocycles. The Labute approximate surface area is 125 Å². The van der Waals surface area contributed by atoms with Crippen molar-refractivity contribution in [3.63, 3.8) is 0 Å². The fourth-order valence-electron chi connectivity index (χ4n) is 1.26. The molecule has 0 heterocycles. The van der Waals surface area contributed by atoms with Gasteiger partial charge in [0, 0.05) is 6.04 Å².